The number of unbranched alkanes of at least 4 members (excludes halogenated alkanes) is 1. The largest absolute Gasteiger partial charge is 0.497 e. The van der Waals surface area contributed by atoms with Gasteiger partial charge in [-0.25, -0.2) is 4.79 Å². The maximum absolute atomic E-state index is 12.1. The van der Waals surface area contributed by atoms with E-state index < -0.39 is 16.0 Å². The number of rotatable bonds is 8. The zero-order valence-electron chi connectivity index (χ0n) is 15.4. The first-order valence-electron chi connectivity index (χ1n) is 8.66. The van der Waals surface area contributed by atoms with E-state index in [9.17, 15) is 9.90 Å². The van der Waals surface area contributed by atoms with Crippen LogP contribution in [-0.4, -0.2) is 30.3 Å². The van der Waals surface area contributed by atoms with Crippen molar-refractivity contribution in [1.82, 2.24) is 0 Å². The van der Waals surface area contributed by atoms with Crippen molar-refractivity contribution in [2.45, 2.75) is 22.6 Å². The third kappa shape index (κ3) is 3.59. The van der Waals surface area contributed by atoms with Gasteiger partial charge in [-0.3, -0.25) is 4.99 Å². The number of benzene rings is 2. The topological polar surface area (TPSA) is 91.9 Å². The fraction of sp³-hybridized carbons (Fsp3) is 0.190. The lowest BCUT2D eigenvalue weighted by molar-refractivity contribution is -0.131. The van der Waals surface area contributed by atoms with E-state index in [1.807, 2.05) is 48.5 Å². The van der Waals surface area contributed by atoms with Crippen LogP contribution in [0.5, 0.6) is 11.5 Å². The van der Waals surface area contributed by atoms with Crippen molar-refractivity contribution in [2.75, 3.05) is 13.7 Å². The molecular weight excluding hydrogens is 376 g/mol. The van der Waals surface area contributed by atoms with Gasteiger partial charge in [0.2, 0.25) is 0 Å². The molecule has 0 bridgehead atoms. The van der Waals surface area contributed by atoms with Crippen LogP contribution >= 0.6 is 10.0 Å². The number of ether oxygens (including phenoxy) is 2. The second-order valence-corrected chi connectivity index (χ2v) is 8.83. The number of hydrogen-bond donors (Lipinski definition) is 1. The summed E-state index contributed by atoms with van der Waals surface area (Å²) in [7, 11) is -0.648. The Labute approximate surface area is 165 Å². The number of methoxy groups -OCH3 is 1. The summed E-state index contributed by atoms with van der Waals surface area (Å²) in [5.74, 6) is 0.282. The molecule has 0 radical (unpaired) electrons. The quantitative estimate of drug-likeness (QED) is 0.660. The van der Waals surface area contributed by atoms with Gasteiger partial charge in [-0.2, -0.15) is 5.26 Å². The third-order valence-electron chi connectivity index (χ3n) is 4.29. The highest BCUT2D eigenvalue weighted by molar-refractivity contribution is 8.47. The van der Waals surface area contributed by atoms with Gasteiger partial charge < -0.3 is 14.6 Å². The summed E-state index contributed by atoms with van der Waals surface area (Å²) in [6.45, 7) is 0.381. The molecule has 0 spiro atoms. The van der Waals surface area contributed by atoms with Crippen LogP contribution in [0.4, 0.5) is 0 Å². The van der Waals surface area contributed by atoms with E-state index in [0.29, 0.717) is 30.9 Å². The molecule has 1 aliphatic rings. The third-order valence-corrected chi connectivity index (χ3v) is 7.74. The number of aliphatic imine (C=N–C) groups is 1. The first-order chi connectivity index (χ1) is 13.6. The van der Waals surface area contributed by atoms with Crippen molar-refractivity contribution >= 4 is 21.5 Å². The minimum Gasteiger partial charge on any atom is -0.497 e. The van der Waals surface area contributed by atoms with E-state index in [0.717, 1.165) is 9.79 Å². The highest BCUT2D eigenvalue weighted by atomic mass is 32.3. The second-order valence-electron chi connectivity index (χ2n) is 5.95. The van der Waals surface area contributed by atoms with Crippen LogP contribution in [0.3, 0.4) is 0 Å². The minimum atomic E-state index is -2.23. The van der Waals surface area contributed by atoms with E-state index in [4.69, 9.17) is 14.7 Å². The van der Waals surface area contributed by atoms with Gasteiger partial charge in [0.05, 0.1) is 25.3 Å². The lowest BCUT2D eigenvalue weighted by Gasteiger charge is -2.35. The van der Waals surface area contributed by atoms with Gasteiger partial charge in [-0.15, -0.1) is 10.0 Å². The molecule has 0 fully saturated rings. The van der Waals surface area contributed by atoms with Crippen LogP contribution in [0.1, 0.15) is 12.8 Å². The van der Waals surface area contributed by atoms with Crippen LogP contribution in [0.2, 0.25) is 0 Å². The van der Waals surface area contributed by atoms with Gasteiger partial charge in [0.1, 0.15) is 16.4 Å². The molecule has 28 heavy (non-hydrogen) atoms. The second kappa shape index (κ2) is 8.63. The molecule has 0 saturated carbocycles. The molecule has 144 valence electrons. The number of nitriles is 1. The van der Waals surface area contributed by atoms with Crippen LogP contribution < -0.4 is 9.47 Å². The standard InChI is InChI=1S/C21H20N2O4S/c1-26-16-8-10-17(11-9-16)28(15-23-14-20(28)21(24)25)19-7-3-2-6-18(19)27-13-5-4-12-22/h2-3,6-11,14-15H,4-5,13H2,1H3,(H,24,25). The lowest BCUT2D eigenvalue weighted by atomic mass is 10.3. The summed E-state index contributed by atoms with van der Waals surface area (Å²) < 4.78 is 11.2. The Morgan fingerprint density at radius 3 is 2.64 bits per heavy atom. The van der Waals surface area contributed by atoms with E-state index >= 15 is 0 Å². The van der Waals surface area contributed by atoms with E-state index in [2.05, 4.69) is 11.1 Å². The number of carboxylic acids is 1. The Balaban J connectivity index is 2.11. The molecule has 1 atom stereocenters. The number of nitrogens with zero attached hydrogens (tertiary/aromatic N) is 2. The zero-order valence-corrected chi connectivity index (χ0v) is 16.2. The number of carboxylic acid groups (broad SMARTS) is 1. The van der Waals surface area contributed by atoms with Gasteiger partial charge >= 0.3 is 5.97 Å². The van der Waals surface area contributed by atoms with Crippen LogP contribution in [-0.2, 0) is 4.79 Å². The van der Waals surface area contributed by atoms with Crippen LogP contribution in [0.15, 0.2) is 74.4 Å². The number of aliphatic carboxylic acids is 1. The summed E-state index contributed by atoms with van der Waals surface area (Å²) >= 11 is 0. The highest BCUT2D eigenvalue weighted by Gasteiger charge is 2.40. The van der Waals surface area contributed by atoms with Gasteiger partial charge in [0.15, 0.2) is 0 Å². The average Bonchev–Trinajstić information content (AvgIpc) is 3.18. The SMILES string of the molecule is COc1ccc(S2(c3ccccc3OCCCC#N)C=NC=C2C(=O)O)cc1. The van der Waals surface area contributed by atoms with Crippen molar-refractivity contribution in [1.29, 1.82) is 5.26 Å². The molecule has 6 nitrogen and oxygen atoms in total. The molecule has 1 aliphatic heterocycles. The Hall–Kier alpha value is -3.24. The van der Waals surface area contributed by atoms with Crippen LogP contribution in [0, 0.1) is 11.3 Å². The zero-order chi connectivity index (χ0) is 20.0. The van der Waals surface area contributed by atoms with E-state index in [-0.39, 0.29) is 4.91 Å². The molecule has 2 aromatic rings. The van der Waals surface area contributed by atoms with Crippen molar-refractivity contribution < 1.29 is 19.4 Å². The molecule has 1 unspecified atom stereocenters. The summed E-state index contributed by atoms with van der Waals surface area (Å²) in [6, 6.07) is 16.9. The summed E-state index contributed by atoms with van der Waals surface area (Å²) in [5.41, 5.74) is 1.72. The van der Waals surface area contributed by atoms with Crippen LogP contribution in [0.25, 0.3) is 0 Å². The molecule has 1 heterocycles. The number of carbonyl (C=O) groups is 1. The van der Waals surface area contributed by atoms with E-state index in [1.165, 1.54) is 6.20 Å². The molecule has 2 aromatic carbocycles. The lowest BCUT2D eigenvalue weighted by Crippen LogP contribution is -2.13. The normalized spacial score (nSPS) is 19.9. The minimum absolute atomic E-state index is 0.228. The summed E-state index contributed by atoms with van der Waals surface area (Å²) in [6.07, 6.45) is 2.42. The highest BCUT2D eigenvalue weighted by Crippen LogP contribution is 2.70. The Morgan fingerprint density at radius 1 is 1.21 bits per heavy atom. The molecule has 0 aromatic heterocycles. The summed E-state index contributed by atoms with van der Waals surface area (Å²) in [5, 5.41) is 18.6. The fourth-order valence-corrected chi connectivity index (χ4v) is 6.11. The maximum Gasteiger partial charge on any atom is 0.343 e. The van der Waals surface area contributed by atoms with Crippen molar-refractivity contribution in [3.63, 3.8) is 0 Å². The molecule has 1 N–H and O–H groups in total. The smallest absolute Gasteiger partial charge is 0.343 e. The van der Waals surface area contributed by atoms with E-state index in [1.54, 1.807) is 12.7 Å². The van der Waals surface area contributed by atoms with Gasteiger partial charge in [0.25, 0.3) is 0 Å². The predicted octanol–water partition coefficient (Wildman–Crippen LogP) is 4.57. The molecule has 3 rings (SSSR count). The van der Waals surface area contributed by atoms with Crippen molar-refractivity contribution in [2.24, 2.45) is 4.99 Å². The Kier molecular flexibility index (Phi) is 6.02. The monoisotopic (exact) mass is 396 g/mol. The Morgan fingerprint density at radius 2 is 1.96 bits per heavy atom. The first-order valence-corrected chi connectivity index (χ1v) is 10.4. The molecule has 0 amide bonds. The number of hydrogen-bond acceptors (Lipinski definition) is 5. The first kappa shape index (κ1) is 19.5. The maximum atomic E-state index is 12.1. The average molecular weight is 396 g/mol. The van der Waals surface area contributed by atoms with Gasteiger partial charge in [0, 0.05) is 22.4 Å². The molecule has 7 heteroatoms. The van der Waals surface area contributed by atoms with Gasteiger partial charge in [-0.05, 0) is 42.8 Å². The van der Waals surface area contributed by atoms with Crippen molar-refractivity contribution in [3.8, 4) is 17.6 Å². The predicted molar refractivity (Wildman–Crippen MR) is 108 cm³/mol. The fourth-order valence-electron chi connectivity index (χ4n) is 2.97. The number of para-hydroxylation sites is 1. The molecular formula is C21H20N2O4S. The van der Waals surface area contributed by atoms with Crippen molar-refractivity contribution in [3.05, 3.63) is 59.6 Å². The summed E-state index contributed by atoms with van der Waals surface area (Å²) in [4.78, 5) is 18.1. The van der Waals surface area contributed by atoms with Gasteiger partial charge in [-0.1, -0.05) is 12.1 Å². The molecule has 0 saturated heterocycles. The molecule has 0 aliphatic carbocycles. The Bertz CT molecular complexity index is 963.